The molecule has 0 unspecified atom stereocenters. The monoisotopic (exact) mass is 202 g/mol. The smallest absolute Gasteiger partial charge is 0.147 e. The van der Waals surface area contributed by atoms with Crippen molar-refractivity contribution in [3.05, 3.63) is 12.7 Å². The van der Waals surface area contributed by atoms with Gasteiger partial charge in [0.2, 0.25) is 0 Å². The average molecular weight is 202 g/mol. The molecule has 4 heteroatoms. The van der Waals surface area contributed by atoms with Crippen molar-refractivity contribution in [2.45, 2.75) is 18.6 Å². The van der Waals surface area contributed by atoms with Gasteiger partial charge in [-0.3, -0.25) is 0 Å². The lowest BCUT2D eigenvalue weighted by Crippen LogP contribution is -2.16. The Balaban J connectivity index is 1.93. The van der Waals surface area contributed by atoms with Gasteiger partial charge in [0.05, 0.1) is 32.0 Å². The van der Waals surface area contributed by atoms with Crippen LogP contribution in [-0.2, 0) is 18.9 Å². The average Bonchev–Trinajstić information content (AvgIpc) is 2.99. The van der Waals surface area contributed by atoms with E-state index in [1.54, 1.807) is 13.2 Å². The van der Waals surface area contributed by atoms with Crippen molar-refractivity contribution in [3.8, 4) is 0 Å². The summed E-state index contributed by atoms with van der Waals surface area (Å²) in [5.41, 5.74) is 0. The normalized spacial score (nSPS) is 21.9. The third-order valence-corrected chi connectivity index (χ3v) is 1.96. The molecule has 0 radical (unpaired) electrons. The second-order valence-electron chi connectivity index (χ2n) is 3.15. The fraction of sp³-hybridized carbons (Fsp3) is 0.800. The first-order chi connectivity index (χ1) is 6.86. The Kier molecular flexibility index (Phi) is 5.78. The zero-order valence-corrected chi connectivity index (χ0v) is 8.61. The van der Waals surface area contributed by atoms with E-state index >= 15 is 0 Å². The van der Waals surface area contributed by atoms with E-state index in [-0.39, 0.29) is 12.9 Å². The summed E-state index contributed by atoms with van der Waals surface area (Å²) in [6, 6.07) is 0. The highest BCUT2D eigenvalue weighted by Gasteiger charge is 2.25. The second kappa shape index (κ2) is 6.95. The first-order valence-electron chi connectivity index (χ1n) is 4.79. The van der Waals surface area contributed by atoms with Crippen LogP contribution in [0.3, 0.4) is 0 Å². The molecule has 4 nitrogen and oxygen atoms in total. The second-order valence-corrected chi connectivity index (χ2v) is 3.15. The van der Waals surface area contributed by atoms with Gasteiger partial charge in [0.15, 0.2) is 0 Å². The minimum absolute atomic E-state index is 0.0324. The van der Waals surface area contributed by atoms with Gasteiger partial charge < -0.3 is 18.9 Å². The van der Waals surface area contributed by atoms with Gasteiger partial charge in [0.1, 0.15) is 6.79 Å². The lowest BCUT2D eigenvalue weighted by molar-refractivity contribution is -0.0872. The van der Waals surface area contributed by atoms with Crippen molar-refractivity contribution < 1.29 is 18.9 Å². The van der Waals surface area contributed by atoms with Gasteiger partial charge in [-0.2, -0.15) is 0 Å². The van der Waals surface area contributed by atoms with E-state index in [1.807, 2.05) is 0 Å². The van der Waals surface area contributed by atoms with Crippen molar-refractivity contribution >= 4 is 0 Å². The minimum Gasteiger partial charge on any atom is -0.382 e. The van der Waals surface area contributed by atoms with Gasteiger partial charge in [-0.1, -0.05) is 6.08 Å². The van der Waals surface area contributed by atoms with Crippen LogP contribution < -0.4 is 0 Å². The van der Waals surface area contributed by atoms with Crippen LogP contribution in [0.1, 0.15) is 6.42 Å². The quantitative estimate of drug-likeness (QED) is 0.242. The summed E-state index contributed by atoms with van der Waals surface area (Å²) in [6.07, 6.45) is 3.04. The van der Waals surface area contributed by atoms with Crippen LogP contribution in [0, 0.1) is 0 Å². The summed E-state index contributed by atoms with van der Waals surface area (Å²) < 4.78 is 20.5. The molecule has 0 aromatic rings. The highest BCUT2D eigenvalue weighted by Crippen LogP contribution is 2.17. The predicted octanol–water partition coefficient (Wildman–Crippen LogP) is 0.967. The molecule has 1 rings (SSSR count). The van der Waals surface area contributed by atoms with Gasteiger partial charge in [0.25, 0.3) is 0 Å². The Bertz CT molecular complexity index is 156. The molecular weight excluding hydrogens is 184 g/mol. The van der Waals surface area contributed by atoms with Crippen LogP contribution in [0.2, 0.25) is 0 Å². The summed E-state index contributed by atoms with van der Waals surface area (Å²) >= 11 is 0. The Morgan fingerprint density at radius 3 is 2.93 bits per heavy atom. The molecule has 0 aromatic carbocycles. The third-order valence-electron chi connectivity index (χ3n) is 1.96. The van der Waals surface area contributed by atoms with Gasteiger partial charge >= 0.3 is 0 Å². The summed E-state index contributed by atoms with van der Waals surface area (Å²) in [5, 5.41) is 0. The molecule has 1 aliphatic heterocycles. The largest absolute Gasteiger partial charge is 0.382 e. The van der Waals surface area contributed by atoms with Crippen molar-refractivity contribution in [1.29, 1.82) is 0 Å². The molecule has 1 aliphatic rings. The van der Waals surface area contributed by atoms with Crippen LogP contribution in [-0.4, -0.2) is 45.9 Å². The third kappa shape index (κ3) is 5.34. The fourth-order valence-electron chi connectivity index (χ4n) is 1.03. The molecule has 0 aromatic heterocycles. The molecule has 0 saturated carbocycles. The number of hydrogen-bond acceptors (Lipinski definition) is 4. The molecule has 1 heterocycles. The zero-order chi connectivity index (χ0) is 10.2. The van der Waals surface area contributed by atoms with Gasteiger partial charge in [-0.15, -0.1) is 6.58 Å². The molecule has 1 fully saturated rings. The fourth-order valence-corrected chi connectivity index (χ4v) is 1.03. The SMILES string of the molecule is C=C[C@H](C[C@H]1CO1)OCOCCOC. The van der Waals surface area contributed by atoms with E-state index in [9.17, 15) is 0 Å². The van der Waals surface area contributed by atoms with Gasteiger partial charge in [-0.25, -0.2) is 0 Å². The maximum absolute atomic E-state index is 5.41. The maximum atomic E-state index is 5.41. The van der Waals surface area contributed by atoms with E-state index in [2.05, 4.69) is 6.58 Å². The number of ether oxygens (including phenoxy) is 4. The van der Waals surface area contributed by atoms with E-state index in [0.29, 0.717) is 19.3 Å². The van der Waals surface area contributed by atoms with Crippen LogP contribution in [0.15, 0.2) is 12.7 Å². The lowest BCUT2D eigenvalue weighted by Gasteiger charge is -2.12. The first-order valence-corrected chi connectivity index (χ1v) is 4.79. The van der Waals surface area contributed by atoms with Crippen LogP contribution >= 0.6 is 0 Å². The van der Waals surface area contributed by atoms with E-state index in [4.69, 9.17) is 18.9 Å². The maximum Gasteiger partial charge on any atom is 0.147 e. The number of rotatable bonds is 9. The van der Waals surface area contributed by atoms with Crippen LogP contribution in [0.4, 0.5) is 0 Å². The van der Waals surface area contributed by atoms with Gasteiger partial charge in [0, 0.05) is 13.5 Å². The Morgan fingerprint density at radius 2 is 2.36 bits per heavy atom. The molecule has 82 valence electrons. The highest BCUT2D eigenvalue weighted by molar-refractivity contribution is 4.85. The summed E-state index contributed by atoms with van der Waals surface area (Å²) in [7, 11) is 1.64. The standard InChI is InChI=1S/C10H18O4/c1-3-9(6-10-7-13-10)14-8-12-5-4-11-2/h3,9-10H,1,4-8H2,2H3/t9-,10+/m1/s1. The Labute approximate surface area is 84.8 Å². The van der Waals surface area contributed by atoms with Crippen LogP contribution in [0.25, 0.3) is 0 Å². The molecule has 0 spiro atoms. The van der Waals surface area contributed by atoms with Crippen LogP contribution in [0.5, 0.6) is 0 Å². The Morgan fingerprint density at radius 1 is 1.57 bits per heavy atom. The summed E-state index contributed by atoms with van der Waals surface area (Å²) in [5.74, 6) is 0. The molecule has 0 bridgehead atoms. The topological polar surface area (TPSA) is 40.2 Å². The molecule has 0 N–H and O–H groups in total. The minimum atomic E-state index is 0.0324. The molecule has 0 aliphatic carbocycles. The van der Waals surface area contributed by atoms with Crippen molar-refractivity contribution in [2.24, 2.45) is 0 Å². The van der Waals surface area contributed by atoms with Crippen molar-refractivity contribution in [1.82, 2.24) is 0 Å². The van der Waals surface area contributed by atoms with Gasteiger partial charge in [-0.05, 0) is 0 Å². The highest BCUT2D eigenvalue weighted by atomic mass is 16.7. The van der Waals surface area contributed by atoms with Crippen molar-refractivity contribution in [3.63, 3.8) is 0 Å². The number of epoxide rings is 1. The molecule has 0 amide bonds. The molecule has 2 atom stereocenters. The zero-order valence-electron chi connectivity index (χ0n) is 8.61. The van der Waals surface area contributed by atoms with Crippen molar-refractivity contribution in [2.75, 3.05) is 33.7 Å². The first kappa shape index (κ1) is 11.7. The van der Waals surface area contributed by atoms with E-state index in [0.717, 1.165) is 13.0 Å². The Hall–Kier alpha value is -0.420. The number of methoxy groups -OCH3 is 1. The molecular formula is C10H18O4. The predicted molar refractivity (Wildman–Crippen MR) is 52.1 cm³/mol. The number of hydrogen-bond donors (Lipinski definition) is 0. The lowest BCUT2D eigenvalue weighted by atomic mass is 10.2. The molecule has 14 heavy (non-hydrogen) atoms. The summed E-state index contributed by atoms with van der Waals surface area (Å²) in [4.78, 5) is 0. The summed E-state index contributed by atoms with van der Waals surface area (Å²) in [6.45, 7) is 5.97. The van der Waals surface area contributed by atoms with E-state index < -0.39 is 0 Å². The molecule has 1 saturated heterocycles. The van der Waals surface area contributed by atoms with E-state index in [1.165, 1.54) is 0 Å².